The van der Waals surface area contributed by atoms with Gasteiger partial charge < -0.3 is 54.5 Å². The van der Waals surface area contributed by atoms with Gasteiger partial charge >= 0.3 is 12.2 Å². The molecule has 0 unspecified atom stereocenters. The molecule has 9 aromatic rings. The highest BCUT2D eigenvalue weighted by Gasteiger charge is 2.40. The molecule has 7 heterocycles. The first-order chi connectivity index (χ1) is 45.4. The number of aliphatic hydroxyl groups excluding tert-OH is 1. The predicted octanol–water partition coefficient (Wildman–Crippen LogP) is 15.2. The molecule has 4 fully saturated rings. The van der Waals surface area contributed by atoms with E-state index in [1.165, 1.54) is 18.4 Å². The highest BCUT2D eigenvalue weighted by Crippen LogP contribution is 2.34. The highest BCUT2D eigenvalue weighted by molar-refractivity contribution is 7.80. The summed E-state index contributed by atoms with van der Waals surface area (Å²) >= 11 is 15.6. The summed E-state index contributed by atoms with van der Waals surface area (Å²) in [5.74, 6) is 0.256. The van der Waals surface area contributed by atoms with Crippen LogP contribution in [0.3, 0.4) is 0 Å². The quantitative estimate of drug-likeness (QED) is 0.0828. The first kappa shape index (κ1) is 69.5. The summed E-state index contributed by atoms with van der Waals surface area (Å²) in [6.07, 6.45) is 11.8. The van der Waals surface area contributed by atoms with Gasteiger partial charge in [0.05, 0.1) is 30.0 Å². The number of aromatic nitrogens is 3. The number of hydrogen-bond donors (Lipinski definition) is 4. The van der Waals surface area contributed by atoms with Crippen molar-refractivity contribution in [1.82, 2.24) is 30.1 Å². The number of isothiocyanates is 1. The van der Waals surface area contributed by atoms with E-state index in [4.69, 9.17) is 48.1 Å². The van der Waals surface area contributed by atoms with E-state index < -0.39 is 17.3 Å². The zero-order valence-electron chi connectivity index (χ0n) is 53.8. The number of rotatable bonds is 8. The van der Waals surface area contributed by atoms with E-state index in [9.17, 15) is 14.7 Å². The lowest BCUT2D eigenvalue weighted by Gasteiger charge is -2.24. The van der Waals surface area contributed by atoms with E-state index in [1.54, 1.807) is 34.6 Å². The molecular formula is C74H81N9O8S3. The van der Waals surface area contributed by atoms with Gasteiger partial charge in [-0.25, -0.2) is 9.59 Å². The normalized spacial score (nSPS) is 18.8. The number of fused-ring (bicyclic) bond motifs is 3. The minimum atomic E-state index is -0.557. The van der Waals surface area contributed by atoms with Gasteiger partial charge in [0, 0.05) is 138 Å². The van der Waals surface area contributed by atoms with Gasteiger partial charge in [-0.3, -0.25) is 15.0 Å². The van der Waals surface area contributed by atoms with Crippen molar-refractivity contribution < 1.29 is 38.4 Å². The Morgan fingerprint density at radius 2 is 0.979 bits per heavy atom. The zero-order chi connectivity index (χ0) is 66.5. The summed E-state index contributed by atoms with van der Waals surface area (Å²) in [4.78, 5) is 44.3. The topological polar surface area (TPSA) is 194 Å². The summed E-state index contributed by atoms with van der Waals surface area (Å²) in [6.45, 7) is 16.5. The molecule has 4 aliphatic rings. The van der Waals surface area contributed by atoms with Crippen LogP contribution in [0, 0.1) is 0 Å². The van der Waals surface area contributed by atoms with Gasteiger partial charge in [-0.05, 0) is 144 Å². The van der Waals surface area contributed by atoms with Crippen LogP contribution in [-0.4, -0.2) is 140 Å². The molecule has 0 aliphatic carbocycles. The summed E-state index contributed by atoms with van der Waals surface area (Å²) in [7, 11) is 0. The SMILES string of the molecule is C1CCOC1.CC(C)(C)OC(=O)N1C[C@@H](O)[C@H](c2ccccc2)C1.CC(C)(C)OC(=O)N1C[C@@H](OC(=S)Nc2cccc3cnccc23)[C@H](c2ccccc2)C1.S=C(Nc1cccc2cnccc12)O[C@@H]1CNC[C@H]1c1ccccc1.S=C=Nc1cccc2cnccc12. The Bertz CT molecular complexity index is 3980. The number of aliphatic hydroxyl groups is 1. The predicted molar refractivity (Wildman–Crippen MR) is 384 cm³/mol. The van der Waals surface area contributed by atoms with Crippen LogP contribution in [0.2, 0.25) is 0 Å². The van der Waals surface area contributed by atoms with Crippen molar-refractivity contribution in [1.29, 1.82) is 0 Å². The van der Waals surface area contributed by atoms with Crippen molar-refractivity contribution in [3.05, 3.63) is 218 Å². The summed E-state index contributed by atoms with van der Waals surface area (Å²) < 4.78 is 28.1. The largest absolute Gasteiger partial charge is 0.465 e. The number of likely N-dealkylation sites (tertiary alicyclic amines) is 2. The van der Waals surface area contributed by atoms with Gasteiger partial charge in [-0.1, -0.05) is 127 Å². The van der Waals surface area contributed by atoms with Gasteiger partial charge in [0.15, 0.2) is 0 Å². The minimum absolute atomic E-state index is 0.0137. The molecule has 4 aliphatic heterocycles. The lowest BCUT2D eigenvalue weighted by atomic mass is 9.96. The fraction of sp³-hybridized carbons (Fsp3) is 0.324. The number of amides is 2. The highest BCUT2D eigenvalue weighted by atomic mass is 32.1. The van der Waals surface area contributed by atoms with Crippen molar-refractivity contribution in [2.45, 2.75) is 102 Å². The molecule has 3 aromatic heterocycles. The smallest absolute Gasteiger partial charge is 0.410 e. The average molecular weight is 1320 g/mol. The maximum absolute atomic E-state index is 12.7. The number of carbonyl (C=O) groups excluding carboxylic acids is 2. The Labute approximate surface area is 566 Å². The van der Waals surface area contributed by atoms with E-state index in [2.05, 4.69) is 77.5 Å². The van der Waals surface area contributed by atoms with Crippen molar-refractivity contribution in [2.75, 3.05) is 63.1 Å². The molecule has 4 saturated heterocycles. The Balaban J connectivity index is 0.000000150. The van der Waals surface area contributed by atoms with Crippen molar-refractivity contribution in [3.8, 4) is 0 Å². The van der Waals surface area contributed by atoms with Gasteiger partial charge in [0.2, 0.25) is 0 Å². The van der Waals surface area contributed by atoms with E-state index >= 15 is 0 Å². The molecular weight excluding hydrogens is 1240 g/mol. The standard InChI is InChI=1S/C25H27N3O3S.C20H19N3OS.C15H21NO3.C10H6N2S.C4H8O/c1-25(2,3)31-24(29)28-15-20(17-8-5-4-6-9-17)22(16-28)30-23(32)27-21-11-7-10-18-14-26-13-12-19(18)21;25-20(23-18-8-4-7-15-11-21-10-9-16(15)18)24-19-13-22-12-17(19)14-5-2-1-3-6-14;1-15(2,3)19-14(18)16-9-12(13(17)10-16)11-7-5-4-6-8-11;13-7-12-10-3-1-2-8-6-11-5-4-9(8)10;1-2-4-5-3-1/h4-14,20,22H,15-16H2,1-3H3,(H,27,32);1-11,17,19,22H,12-13H2,(H,23,25);4-8,12-13,17H,9-10H2,1-3H3;1-6H;1-4H2/t20-,22+;17-,19+;12-,13+;;/m000../s1. The van der Waals surface area contributed by atoms with Crippen molar-refractivity contribution in [2.24, 2.45) is 4.99 Å². The van der Waals surface area contributed by atoms with Crippen LogP contribution in [-0.2, 0) is 23.7 Å². The number of β-amino-alcohol motifs (C(OH)–C–C–N with tert-alkyl or cyclic N) is 1. The molecule has 94 heavy (non-hydrogen) atoms. The number of thiocarbonyl (C=S) groups is 3. The minimum Gasteiger partial charge on any atom is -0.465 e. The number of pyridine rings is 3. The maximum atomic E-state index is 12.7. The van der Waals surface area contributed by atoms with E-state index in [1.807, 2.05) is 193 Å². The van der Waals surface area contributed by atoms with Crippen molar-refractivity contribution >= 4 is 114 Å². The third-order valence-corrected chi connectivity index (χ3v) is 16.2. The first-order valence-electron chi connectivity index (χ1n) is 31.5. The fourth-order valence-corrected chi connectivity index (χ4v) is 11.8. The number of carbonyl (C=O) groups is 2. The Kier molecular flexibility index (Phi) is 25.0. The van der Waals surface area contributed by atoms with E-state index in [0.29, 0.717) is 37.3 Å². The van der Waals surface area contributed by atoms with Gasteiger partial charge in [-0.2, -0.15) is 4.99 Å². The molecule has 488 valence electrons. The van der Waals surface area contributed by atoms with Crippen LogP contribution in [0.15, 0.2) is 206 Å². The van der Waals surface area contributed by atoms with E-state index in [0.717, 1.165) is 86.8 Å². The zero-order valence-corrected chi connectivity index (χ0v) is 56.3. The van der Waals surface area contributed by atoms with Crippen molar-refractivity contribution in [3.63, 3.8) is 0 Å². The Hall–Kier alpha value is -8.85. The summed E-state index contributed by atoms with van der Waals surface area (Å²) in [6, 6.07) is 53.8. The molecule has 2 amide bonds. The number of aliphatic imine (C=N–C) groups is 1. The molecule has 0 radical (unpaired) electrons. The number of nitrogens with zero attached hydrogens (tertiary/aromatic N) is 6. The number of ether oxygens (including phenoxy) is 5. The number of hydrogen-bond acceptors (Lipinski definition) is 16. The molecule has 0 spiro atoms. The number of benzene rings is 6. The Morgan fingerprint density at radius 3 is 1.46 bits per heavy atom. The molecule has 6 atom stereocenters. The molecule has 20 heteroatoms. The van der Waals surface area contributed by atoms with Crippen LogP contribution < -0.4 is 16.0 Å². The van der Waals surface area contributed by atoms with Gasteiger partial charge in [-0.15, -0.1) is 0 Å². The molecule has 0 bridgehead atoms. The lowest BCUT2D eigenvalue weighted by Crippen LogP contribution is -2.36. The second-order valence-electron chi connectivity index (χ2n) is 24.9. The maximum Gasteiger partial charge on any atom is 0.410 e. The molecule has 13 rings (SSSR count). The monoisotopic (exact) mass is 1320 g/mol. The summed E-state index contributed by atoms with van der Waals surface area (Å²) in [5, 5.41) is 29.3. The molecule has 17 nitrogen and oxygen atoms in total. The second-order valence-corrected chi connectivity index (χ2v) is 25.8. The second kappa shape index (κ2) is 33.8. The Morgan fingerprint density at radius 1 is 0.543 bits per heavy atom. The fourth-order valence-electron chi connectivity index (χ4n) is 11.3. The van der Waals surface area contributed by atoms with Gasteiger partial charge in [0.25, 0.3) is 10.3 Å². The average Bonchev–Trinajstić information content (AvgIpc) is 1.48. The third-order valence-electron chi connectivity index (χ3n) is 15.7. The molecule has 0 saturated carbocycles. The third kappa shape index (κ3) is 20.3. The van der Waals surface area contributed by atoms with Crippen LogP contribution >= 0.6 is 36.7 Å². The van der Waals surface area contributed by atoms with Crippen LogP contribution in [0.1, 0.15) is 88.8 Å². The molecule has 6 aromatic carbocycles. The van der Waals surface area contributed by atoms with Crippen LogP contribution in [0.5, 0.6) is 0 Å². The first-order valence-corrected chi connectivity index (χ1v) is 32.7. The number of nitrogens with one attached hydrogen (secondary N) is 3. The number of anilines is 2. The van der Waals surface area contributed by atoms with Gasteiger partial charge in [0.1, 0.15) is 23.4 Å². The van der Waals surface area contributed by atoms with Crippen LogP contribution in [0.25, 0.3) is 32.3 Å². The van der Waals surface area contributed by atoms with Crippen LogP contribution in [0.4, 0.5) is 26.7 Å². The lowest BCUT2D eigenvalue weighted by molar-refractivity contribution is 0.0262. The van der Waals surface area contributed by atoms with E-state index in [-0.39, 0.29) is 41.4 Å². The summed E-state index contributed by atoms with van der Waals surface area (Å²) in [5.41, 5.74) is 5.00. The molecule has 4 N–H and O–H groups in total.